The summed E-state index contributed by atoms with van der Waals surface area (Å²) in [6.45, 7) is 2.64. The third-order valence-corrected chi connectivity index (χ3v) is 3.46. The van der Waals surface area contributed by atoms with Crippen molar-refractivity contribution in [2.75, 3.05) is 0 Å². The first kappa shape index (κ1) is 12.8. The van der Waals surface area contributed by atoms with Crippen LogP contribution in [-0.2, 0) is 9.59 Å². The minimum absolute atomic E-state index is 0.220. The molecule has 16 heavy (non-hydrogen) atoms. The van der Waals surface area contributed by atoms with Crippen molar-refractivity contribution in [1.82, 2.24) is 5.32 Å². The fourth-order valence-electron chi connectivity index (χ4n) is 1.74. The molecule has 1 saturated carbocycles. The maximum atomic E-state index is 12.0. The highest BCUT2D eigenvalue weighted by Crippen LogP contribution is 2.50. The Hall–Kier alpha value is -1.27. The second-order valence-electron chi connectivity index (χ2n) is 4.42. The Morgan fingerprint density at radius 2 is 1.75 bits per heavy atom. The predicted octanol–water partition coefficient (Wildman–Crippen LogP) is 1.31. The van der Waals surface area contributed by atoms with Crippen LogP contribution in [0.5, 0.6) is 0 Å². The highest BCUT2D eigenvalue weighted by atomic mass is 19.4. The molecule has 1 rings (SSSR count). The van der Waals surface area contributed by atoms with Crippen molar-refractivity contribution in [3.05, 3.63) is 0 Å². The topological polar surface area (TPSA) is 66.4 Å². The molecule has 0 bridgehead atoms. The molecular weight excluding hydrogens is 227 g/mol. The van der Waals surface area contributed by atoms with Gasteiger partial charge in [0.2, 0.25) is 0 Å². The summed E-state index contributed by atoms with van der Waals surface area (Å²) in [6, 6.07) is 0. The van der Waals surface area contributed by atoms with Crippen LogP contribution in [0.3, 0.4) is 0 Å². The zero-order valence-electron chi connectivity index (χ0n) is 8.81. The molecule has 0 spiro atoms. The molecule has 92 valence electrons. The van der Waals surface area contributed by atoms with Gasteiger partial charge in [-0.3, -0.25) is 9.59 Å². The van der Waals surface area contributed by atoms with E-state index in [9.17, 15) is 22.8 Å². The summed E-state index contributed by atoms with van der Waals surface area (Å²) < 4.78 is 36.1. The van der Waals surface area contributed by atoms with E-state index < -0.39 is 29.0 Å². The number of carbonyl (C=O) groups excluding carboxylic acids is 1. The fraction of sp³-hybridized carbons (Fsp3) is 0.778. The summed E-state index contributed by atoms with van der Waals surface area (Å²) in [6.07, 6.45) is -4.52. The first-order valence-electron chi connectivity index (χ1n) is 4.66. The number of rotatable bonds is 2. The molecular formula is C9H12F3NO3. The fourth-order valence-corrected chi connectivity index (χ4v) is 1.74. The molecule has 1 amide bonds. The van der Waals surface area contributed by atoms with Gasteiger partial charge in [-0.2, -0.15) is 13.2 Å². The Balaban J connectivity index is 2.82. The van der Waals surface area contributed by atoms with E-state index in [1.54, 1.807) is 5.32 Å². The summed E-state index contributed by atoms with van der Waals surface area (Å²) in [5.74, 6) is -3.30. The Kier molecular flexibility index (Phi) is 2.69. The molecule has 4 nitrogen and oxygen atoms in total. The summed E-state index contributed by atoms with van der Waals surface area (Å²) in [5.41, 5.74) is -2.68. The van der Waals surface area contributed by atoms with Gasteiger partial charge in [0.05, 0.1) is 11.0 Å². The maximum absolute atomic E-state index is 12.0. The Morgan fingerprint density at radius 1 is 1.25 bits per heavy atom. The number of nitrogens with one attached hydrogen (secondary N) is 1. The number of carbonyl (C=O) groups is 2. The number of hydrogen-bond acceptors (Lipinski definition) is 2. The molecule has 0 heterocycles. The molecule has 0 aromatic rings. The van der Waals surface area contributed by atoms with Gasteiger partial charge in [0.1, 0.15) is 0 Å². The lowest BCUT2D eigenvalue weighted by molar-refractivity contribution is -0.183. The van der Waals surface area contributed by atoms with Crippen LogP contribution in [0.25, 0.3) is 0 Å². The van der Waals surface area contributed by atoms with Gasteiger partial charge in [0.15, 0.2) is 0 Å². The van der Waals surface area contributed by atoms with Crippen LogP contribution in [0.4, 0.5) is 13.2 Å². The molecule has 1 aliphatic rings. The van der Waals surface area contributed by atoms with Crippen molar-refractivity contribution in [2.24, 2.45) is 5.41 Å². The number of carboxylic acid groups (broad SMARTS) is 1. The van der Waals surface area contributed by atoms with Gasteiger partial charge in [-0.15, -0.1) is 0 Å². The van der Waals surface area contributed by atoms with Gasteiger partial charge < -0.3 is 10.4 Å². The monoisotopic (exact) mass is 239 g/mol. The highest BCUT2D eigenvalue weighted by Gasteiger charge is 2.60. The molecule has 0 unspecified atom stereocenters. The Labute approximate surface area is 89.8 Å². The summed E-state index contributed by atoms with van der Waals surface area (Å²) in [4.78, 5) is 21.7. The number of halogens is 3. The minimum Gasteiger partial charge on any atom is -0.481 e. The lowest BCUT2D eigenvalue weighted by Crippen LogP contribution is -2.68. The maximum Gasteiger partial charge on any atom is 0.471 e. The normalized spacial score (nSPS) is 34.1. The van der Waals surface area contributed by atoms with Crippen LogP contribution in [0, 0.1) is 5.41 Å². The zero-order chi connectivity index (χ0) is 12.8. The first-order valence-corrected chi connectivity index (χ1v) is 4.66. The molecule has 0 aliphatic heterocycles. The SMILES string of the molecule is C[C@@]1(C(=O)O)CC[C@]1(C)NC(=O)C(F)(F)F. The van der Waals surface area contributed by atoms with Crippen molar-refractivity contribution in [1.29, 1.82) is 0 Å². The van der Waals surface area contributed by atoms with Gasteiger partial charge in [-0.05, 0) is 26.7 Å². The number of carboxylic acids is 1. The minimum atomic E-state index is -4.99. The number of amides is 1. The molecule has 7 heteroatoms. The average Bonchev–Trinajstić information content (AvgIpc) is 2.12. The third kappa shape index (κ3) is 1.74. The van der Waals surface area contributed by atoms with Crippen LogP contribution in [0.15, 0.2) is 0 Å². The predicted molar refractivity (Wildman–Crippen MR) is 47.6 cm³/mol. The summed E-state index contributed by atoms with van der Waals surface area (Å²) in [5, 5.41) is 10.7. The quantitative estimate of drug-likeness (QED) is 0.763. The van der Waals surface area contributed by atoms with Crippen LogP contribution in [0.1, 0.15) is 26.7 Å². The van der Waals surface area contributed by atoms with Crippen molar-refractivity contribution in [3.8, 4) is 0 Å². The third-order valence-electron chi connectivity index (χ3n) is 3.46. The van der Waals surface area contributed by atoms with Crippen molar-refractivity contribution < 1.29 is 27.9 Å². The van der Waals surface area contributed by atoms with Gasteiger partial charge in [-0.1, -0.05) is 0 Å². The van der Waals surface area contributed by atoms with Crippen molar-refractivity contribution in [2.45, 2.75) is 38.4 Å². The van der Waals surface area contributed by atoms with Crippen molar-refractivity contribution >= 4 is 11.9 Å². The summed E-state index contributed by atoms with van der Waals surface area (Å²) in [7, 11) is 0. The van der Waals surface area contributed by atoms with Gasteiger partial charge in [0.25, 0.3) is 0 Å². The van der Waals surface area contributed by atoms with Gasteiger partial charge in [0, 0.05) is 0 Å². The standard InChI is InChI=1S/C9H12F3NO3/c1-7(6(15)16)3-4-8(7,2)13-5(14)9(10,11)12/h3-4H2,1-2H3,(H,13,14)(H,15,16)/t7-,8-/m0/s1. The Morgan fingerprint density at radius 3 is 2.00 bits per heavy atom. The highest BCUT2D eigenvalue weighted by molar-refractivity contribution is 5.85. The average molecular weight is 239 g/mol. The summed E-state index contributed by atoms with van der Waals surface area (Å²) >= 11 is 0. The van der Waals surface area contributed by atoms with Crippen molar-refractivity contribution in [3.63, 3.8) is 0 Å². The van der Waals surface area contributed by atoms with Gasteiger partial charge in [-0.25, -0.2) is 0 Å². The molecule has 0 aromatic carbocycles. The molecule has 0 saturated heterocycles. The molecule has 2 N–H and O–H groups in total. The smallest absolute Gasteiger partial charge is 0.471 e. The zero-order valence-corrected chi connectivity index (χ0v) is 8.81. The second kappa shape index (κ2) is 3.36. The van der Waals surface area contributed by atoms with Crippen LogP contribution >= 0.6 is 0 Å². The van der Waals surface area contributed by atoms with Crippen LogP contribution in [-0.4, -0.2) is 28.7 Å². The van der Waals surface area contributed by atoms with E-state index in [2.05, 4.69) is 0 Å². The number of hydrogen-bond donors (Lipinski definition) is 2. The lowest BCUT2D eigenvalue weighted by Gasteiger charge is -2.53. The van der Waals surface area contributed by atoms with E-state index in [1.165, 1.54) is 13.8 Å². The van der Waals surface area contributed by atoms with Crippen LogP contribution in [0.2, 0.25) is 0 Å². The van der Waals surface area contributed by atoms with E-state index in [0.29, 0.717) is 0 Å². The number of alkyl halides is 3. The molecule has 1 fully saturated rings. The molecule has 2 atom stereocenters. The molecule has 1 aliphatic carbocycles. The molecule has 0 aromatic heterocycles. The van der Waals surface area contributed by atoms with Gasteiger partial charge >= 0.3 is 18.1 Å². The van der Waals surface area contributed by atoms with Crippen LogP contribution < -0.4 is 5.32 Å². The number of aliphatic carboxylic acids is 1. The second-order valence-corrected chi connectivity index (χ2v) is 4.42. The van der Waals surface area contributed by atoms with E-state index in [1.807, 2.05) is 0 Å². The van der Waals surface area contributed by atoms with E-state index in [-0.39, 0.29) is 12.8 Å². The van der Waals surface area contributed by atoms with E-state index in [0.717, 1.165) is 0 Å². The first-order chi connectivity index (χ1) is 7.03. The molecule has 0 radical (unpaired) electrons. The lowest BCUT2D eigenvalue weighted by atomic mass is 9.56. The largest absolute Gasteiger partial charge is 0.481 e. The Bertz CT molecular complexity index is 341. The van der Waals surface area contributed by atoms with E-state index >= 15 is 0 Å². The van der Waals surface area contributed by atoms with E-state index in [4.69, 9.17) is 5.11 Å².